The molecular formula is C23H29NO6. The number of carbonyl (C=O) groups excluding carboxylic acids is 3. The van der Waals surface area contributed by atoms with Gasteiger partial charge in [0, 0.05) is 11.4 Å². The van der Waals surface area contributed by atoms with Gasteiger partial charge in [0.1, 0.15) is 0 Å². The van der Waals surface area contributed by atoms with E-state index in [1.807, 2.05) is 31.2 Å². The molecule has 0 unspecified atom stereocenters. The molecule has 0 aromatic heterocycles. The molecule has 0 fully saturated rings. The van der Waals surface area contributed by atoms with Gasteiger partial charge in [-0.2, -0.15) is 0 Å². The van der Waals surface area contributed by atoms with Crippen molar-refractivity contribution in [1.29, 1.82) is 0 Å². The van der Waals surface area contributed by atoms with E-state index < -0.39 is 23.9 Å². The molecule has 1 heterocycles. The highest BCUT2D eigenvalue weighted by Gasteiger charge is 2.42. The molecule has 30 heavy (non-hydrogen) atoms. The third-order valence-electron chi connectivity index (χ3n) is 4.84. The lowest BCUT2D eigenvalue weighted by Gasteiger charge is -2.36. The molecule has 0 radical (unpaired) electrons. The lowest BCUT2D eigenvalue weighted by Crippen LogP contribution is -2.38. The number of allylic oxidation sites excluding steroid dienone is 2. The summed E-state index contributed by atoms with van der Waals surface area (Å²) in [5.41, 5.74) is 2.87. The topological polar surface area (TPSA) is 82.1 Å². The Bertz CT molecular complexity index is 857. The molecule has 1 aromatic rings. The molecule has 2 rings (SSSR count). The van der Waals surface area contributed by atoms with E-state index in [-0.39, 0.29) is 31.0 Å². The van der Waals surface area contributed by atoms with Crippen LogP contribution in [0.3, 0.4) is 0 Å². The van der Waals surface area contributed by atoms with Gasteiger partial charge in [-0.15, -0.1) is 0 Å². The third kappa shape index (κ3) is 4.56. The molecule has 1 aliphatic heterocycles. The molecule has 1 amide bonds. The van der Waals surface area contributed by atoms with Crippen LogP contribution >= 0.6 is 0 Å². The van der Waals surface area contributed by atoms with E-state index in [0.29, 0.717) is 11.4 Å². The van der Waals surface area contributed by atoms with Gasteiger partial charge in [0.05, 0.1) is 36.9 Å². The van der Waals surface area contributed by atoms with Gasteiger partial charge in [0.25, 0.3) is 0 Å². The van der Waals surface area contributed by atoms with Gasteiger partial charge >= 0.3 is 18.0 Å². The fourth-order valence-electron chi connectivity index (χ4n) is 3.65. The van der Waals surface area contributed by atoms with Crippen LogP contribution < -0.4 is 0 Å². The number of benzene rings is 1. The minimum Gasteiger partial charge on any atom is -0.463 e. The molecule has 0 N–H and O–H groups in total. The second-order valence-corrected chi connectivity index (χ2v) is 6.82. The van der Waals surface area contributed by atoms with Crippen LogP contribution in [0.5, 0.6) is 0 Å². The third-order valence-corrected chi connectivity index (χ3v) is 4.84. The van der Waals surface area contributed by atoms with Crippen molar-refractivity contribution in [2.24, 2.45) is 0 Å². The first-order chi connectivity index (χ1) is 14.3. The lowest BCUT2D eigenvalue weighted by molar-refractivity contribution is -0.139. The van der Waals surface area contributed by atoms with Crippen LogP contribution in [0.15, 0.2) is 46.8 Å². The summed E-state index contributed by atoms with van der Waals surface area (Å²) in [5.74, 6) is -1.91. The smallest absolute Gasteiger partial charge is 0.418 e. The van der Waals surface area contributed by atoms with E-state index in [2.05, 4.69) is 0 Å². The summed E-state index contributed by atoms with van der Waals surface area (Å²) in [7, 11) is 0. The molecule has 0 spiro atoms. The monoisotopic (exact) mass is 415 g/mol. The zero-order chi connectivity index (χ0) is 22.4. The van der Waals surface area contributed by atoms with Crippen molar-refractivity contribution >= 4 is 18.0 Å². The number of aryl methyl sites for hydroxylation is 1. The van der Waals surface area contributed by atoms with Crippen LogP contribution in [0.2, 0.25) is 0 Å². The van der Waals surface area contributed by atoms with Crippen molar-refractivity contribution in [2.75, 3.05) is 19.8 Å². The Morgan fingerprint density at radius 1 is 0.833 bits per heavy atom. The molecule has 0 atom stereocenters. The first-order valence-corrected chi connectivity index (χ1v) is 10.1. The largest absolute Gasteiger partial charge is 0.463 e. The number of ether oxygens (including phenoxy) is 3. The summed E-state index contributed by atoms with van der Waals surface area (Å²) in [6.07, 6.45) is -0.668. The highest BCUT2D eigenvalue weighted by Crippen LogP contribution is 2.43. The van der Waals surface area contributed by atoms with Crippen LogP contribution in [0.4, 0.5) is 4.79 Å². The normalized spacial score (nSPS) is 14.7. The molecule has 0 saturated carbocycles. The van der Waals surface area contributed by atoms with Crippen molar-refractivity contribution in [3.05, 3.63) is 57.9 Å². The molecule has 0 bridgehead atoms. The maximum atomic E-state index is 13.0. The average Bonchev–Trinajstić information content (AvgIpc) is 2.68. The van der Waals surface area contributed by atoms with Crippen molar-refractivity contribution < 1.29 is 28.6 Å². The van der Waals surface area contributed by atoms with E-state index in [9.17, 15) is 14.4 Å². The Hall–Kier alpha value is -3.09. The number of hydrogen-bond donors (Lipinski definition) is 0. The quantitative estimate of drug-likeness (QED) is 0.511. The SMILES string of the molecule is CCOC(=O)C1=C(C)N(C(=O)OCC)C(C)=C(C(=O)OCC)C1c1cccc(C)c1. The number of carbonyl (C=O) groups is 3. The van der Waals surface area contributed by atoms with Gasteiger partial charge in [-0.3, -0.25) is 4.90 Å². The summed E-state index contributed by atoms with van der Waals surface area (Å²) in [5, 5.41) is 0. The second-order valence-electron chi connectivity index (χ2n) is 6.82. The Morgan fingerprint density at radius 3 is 1.77 bits per heavy atom. The van der Waals surface area contributed by atoms with Gasteiger partial charge in [-0.1, -0.05) is 29.8 Å². The fourth-order valence-corrected chi connectivity index (χ4v) is 3.65. The number of esters is 2. The summed E-state index contributed by atoms with van der Waals surface area (Å²) in [6, 6.07) is 7.54. The Balaban J connectivity index is 2.82. The highest BCUT2D eigenvalue weighted by atomic mass is 16.6. The lowest BCUT2D eigenvalue weighted by atomic mass is 9.79. The maximum Gasteiger partial charge on any atom is 0.418 e. The standard InChI is InChI=1S/C23H29NO6/c1-7-28-21(25)18-15(5)24(23(27)30-9-3)16(6)19(22(26)29-8-2)20(18)17-12-10-11-14(4)13-17/h10-13,20H,7-9H2,1-6H3. The van der Waals surface area contributed by atoms with E-state index in [1.165, 1.54) is 4.90 Å². The van der Waals surface area contributed by atoms with E-state index in [0.717, 1.165) is 11.1 Å². The predicted molar refractivity (Wildman–Crippen MR) is 111 cm³/mol. The summed E-state index contributed by atoms with van der Waals surface area (Å²) in [4.78, 5) is 39.9. The molecule has 0 aliphatic carbocycles. The molecule has 0 saturated heterocycles. The zero-order valence-corrected chi connectivity index (χ0v) is 18.4. The van der Waals surface area contributed by atoms with Crippen molar-refractivity contribution in [3.8, 4) is 0 Å². The van der Waals surface area contributed by atoms with Gasteiger partial charge < -0.3 is 14.2 Å². The number of amides is 1. The first-order valence-electron chi connectivity index (χ1n) is 10.1. The molecule has 7 nitrogen and oxygen atoms in total. The van der Waals surface area contributed by atoms with E-state index >= 15 is 0 Å². The fraction of sp³-hybridized carbons (Fsp3) is 0.435. The van der Waals surface area contributed by atoms with E-state index in [4.69, 9.17) is 14.2 Å². The minimum absolute atomic E-state index is 0.153. The van der Waals surface area contributed by atoms with Gasteiger partial charge in [-0.05, 0) is 47.1 Å². The highest BCUT2D eigenvalue weighted by molar-refractivity contribution is 6.01. The average molecular weight is 415 g/mol. The molecule has 162 valence electrons. The van der Waals surface area contributed by atoms with Crippen LogP contribution in [0.1, 0.15) is 51.7 Å². The molecule has 1 aromatic carbocycles. The zero-order valence-electron chi connectivity index (χ0n) is 18.4. The maximum absolute atomic E-state index is 13.0. The summed E-state index contributed by atoms with van der Waals surface area (Å²) in [6.45, 7) is 10.8. The molecule has 1 aliphatic rings. The van der Waals surface area contributed by atoms with E-state index in [1.54, 1.807) is 34.6 Å². The van der Waals surface area contributed by atoms with Gasteiger partial charge in [0.15, 0.2) is 0 Å². The molecular weight excluding hydrogens is 386 g/mol. The first kappa shape index (κ1) is 23.2. The summed E-state index contributed by atoms with van der Waals surface area (Å²) < 4.78 is 15.8. The Labute approximate surface area is 177 Å². The Morgan fingerprint density at radius 2 is 1.33 bits per heavy atom. The van der Waals surface area contributed by atoms with Crippen LogP contribution in [0.25, 0.3) is 0 Å². The number of nitrogens with zero attached hydrogens (tertiary/aromatic N) is 1. The van der Waals surface area contributed by atoms with Crippen molar-refractivity contribution in [1.82, 2.24) is 4.90 Å². The molecule has 7 heteroatoms. The minimum atomic E-state index is -0.728. The van der Waals surface area contributed by atoms with Crippen LogP contribution in [0, 0.1) is 6.92 Å². The Kier molecular flexibility index (Phi) is 7.80. The van der Waals surface area contributed by atoms with Crippen molar-refractivity contribution in [2.45, 2.75) is 47.5 Å². The second kappa shape index (κ2) is 10.1. The van der Waals surface area contributed by atoms with Crippen LogP contribution in [-0.2, 0) is 23.8 Å². The van der Waals surface area contributed by atoms with Gasteiger partial charge in [0.2, 0.25) is 0 Å². The number of hydrogen-bond acceptors (Lipinski definition) is 6. The van der Waals surface area contributed by atoms with Crippen LogP contribution in [-0.4, -0.2) is 42.8 Å². The van der Waals surface area contributed by atoms with Gasteiger partial charge in [-0.25, -0.2) is 14.4 Å². The van der Waals surface area contributed by atoms with Crippen molar-refractivity contribution in [3.63, 3.8) is 0 Å². The summed E-state index contributed by atoms with van der Waals surface area (Å²) >= 11 is 0. The number of rotatable bonds is 6. The predicted octanol–water partition coefficient (Wildman–Crippen LogP) is 4.22.